The Bertz CT molecular complexity index is 1000. The zero-order valence-electron chi connectivity index (χ0n) is 14.4. The van der Waals surface area contributed by atoms with Crippen LogP contribution >= 0.6 is 11.6 Å². The van der Waals surface area contributed by atoms with Gasteiger partial charge >= 0.3 is 0 Å². The van der Waals surface area contributed by atoms with Crippen molar-refractivity contribution in [1.82, 2.24) is 15.5 Å². The number of benzene rings is 1. The van der Waals surface area contributed by atoms with Gasteiger partial charge < -0.3 is 14.8 Å². The molecular weight excluding hydrogens is 350 g/mol. The molecule has 2 aromatic heterocycles. The Hall–Kier alpha value is -2.27. The van der Waals surface area contributed by atoms with Crippen molar-refractivity contribution in [3.8, 4) is 0 Å². The third kappa shape index (κ3) is 2.62. The molecule has 0 saturated carbocycles. The molecule has 0 saturated heterocycles. The lowest BCUT2D eigenvalue weighted by Crippen LogP contribution is -2.39. The second-order valence-electron chi connectivity index (χ2n) is 7.33. The standard InChI is InChI=1S/C20H20ClN3O2/c21-11-5-7-16-14(9-11)15-10-12(6-8-17(15)23-16)22-20(25)19-13-3-1-2-4-18(13)24-26-19/h5,7,9,12,23H,1-4,6,8,10H2,(H,22,25). The summed E-state index contributed by atoms with van der Waals surface area (Å²) in [7, 11) is 0. The first kappa shape index (κ1) is 15.9. The van der Waals surface area contributed by atoms with Crippen molar-refractivity contribution in [3.63, 3.8) is 0 Å². The maximum absolute atomic E-state index is 12.7. The molecule has 1 aromatic carbocycles. The fourth-order valence-corrected chi connectivity index (χ4v) is 4.50. The van der Waals surface area contributed by atoms with Gasteiger partial charge in [0.15, 0.2) is 0 Å². The summed E-state index contributed by atoms with van der Waals surface area (Å²) in [6.45, 7) is 0. The molecule has 134 valence electrons. The monoisotopic (exact) mass is 369 g/mol. The Morgan fingerprint density at radius 3 is 3.04 bits per heavy atom. The predicted octanol–water partition coefficient (Wildman–Crippen LogP) is 3.98. The van der Waals surface area contributed by atoms with Crippen LogP contribution in [0.3, 0.4) is 0 Å². The summed E-state index contributed by atoms with van der Waals surface area (Å²) in [5, 5.41) is 9.15. The number of aryl methyl sites for hydroxylation is 2. The molecule has 3 aromatic rings. The van der Waals surface area contributed by atoms with Gasteiger partial charge in [-0.25, -0.2) is 0 Å². The minimum atomic E-state index is -0.132. The fraction of sp³-hybridized carbons (Fsp3) is 0.400. The molecule has 0 spiro atoms. The lowest BCUT2D eigenvalue weighted by Gasteiger charge is -2.23. The third-order valence-electron chi connectivity index (χ3n) is 5.65. The molecule has 0 aliphatic heterocycles. The quantitative estimate of drug-likeness (QED) is 0.717. The van der Waals surface area contributed by atoms with Crippen molar-refractivity contribution in [2.24, 2.45) is 0 Å². The number of nitrogens with zero attached hydrogens (tertiary/aromatic N) is 1. The Labute approximate surface area is 156 Å². The van der Waals surface area contributed by atoms with Crippen molar-refractivity contribution in [1.29, 1.82) is 0 Å². The van der Waals surface area contributed by atoms with Crippen LogP contribution in [0.15, 0.2) is 22.7 Å². The summed E-state index contributed by atoms with van der Waals surface area (Å²) in [5.74, 6) is 0.277. The van der Waals surface area contributed by atoms with E-state index in [1.165, 1.54) is 11.3 Å². The number of H-pyrrole nitrogens is 1. The molecule has 6 heteroatoms. The molecule has 0 bridgehead atoms. The van der Waals surface area contributed by atoms with Crippen LogP contribution in [-0.2, 0) is 25.7 Å². The summed E-state index contributed by atoms with van der Waals surface area (Å²) in [6, 6.07) is 6.02. The summed E-state index contributed by atoms with van der Waals surface area (Å²) in [4.78, 5) is 16.2. The van der Waals surface area contributed by atoms with E-state index in [0.29, 0.717) is 5.76 Å². The number of aromatic amines is 1. The summed E-state index contributed by atoms with van der Waals surface area (Å²) in [5.41, 5.74) is 5.59. The molecule has 26 heavy (non-hydrogen) atoms. The van der Waals surface area contributed by atoms with Gasteiger partial charge in [-0.1, -0.05) is 16.8 Å². The van der Waals surface area contributed by atoms with Gasteiger partial charge in [0.05, 0.1) is 5.69 Å². The van der Waals surface area contributed by atoms with Crippen LogP contribution in [0.4, 0.5) is 0 Å². The number of carbonyl (C=O) groups is 1. The van der Waals surface area contributed by atoms with Crippen LogP contribution in [-0.4, -0.2) is 22.1 Å². The first-order valence-corrected chi connectivity index (χ1v) is 9.64. The highest BCUT2D eigenvalue weighted by Crippen LogP contribution is 2.31. The van der Waals surface area contributed by atoms with Crippen LogP contribution in [0.1, 0.15) is 52.3 Å². The van der Waals surface area contributed by atoms with E-state index in [1.54, 1.807) is 0 Å². The van der Waals surface area contributed by atoms with Crippen molar-refractivity contribution >= 4 is 28.4 Å². The van der Waals surface area contributed by atoms with Crippen LogP contribution < -0.4 is 5.32 Å². The van der Waals surface area contributed by atoms with E-state index in [4.69, 9.17) is 16.1 Å². The van der Waals surface area contributed by atoms with Gasteiger partial charge in [0.2, 0.25) is 5.76 Å². The zero-order valence-corrected chi connectivity index (χ0v) is 15.2. The van der Waals surface area contributed by atoms with Gasteiger partial charge in [0.1, 0.15) is 0 Å². The smallest absolute Gasteiger partial charge is 0.290 e. The number of fused-ring (bicyclic) bond motifs is 4. The van der Waals surface area contributed by atoms with E-state index in [0.717, 1.165) is 72.1 Å². The normalized spacial score (nSPS) is 19.2. The topological polar surface area (TPSA) is 70.9 Å². The highest BCUT2D eigenvalue weighted by Gasteiger charge is 2.28. The third-order valence-corrected chi connectivity index (χ3v) is 5.89. The first-order chi connectivity index (χ1) is 12.7. The van der Waals surface area contributed by atoms with E-state index in [-0.39, 0.29) is 11.9 Å². The summed E-state index contributed by atoms with van der Waals surface area (Å²) >= 11 is 6.17. The Morgan fingerprint density at radius 2 is 2.12 bits per heavy atom. The molecule has 2 N–H and O–H groups in total. The molecule has 0 fully saturated rings. The molecule has 2 aliphatic rings. The number of amides is 1. The van der Waals surface area contributed by atoms with Crippen molar-refractivity contribution in [3.05, 3.63) is 51.5 Å². The van der Waals surface area contributed by atoms with E-state index in [2.05, 4.69) is 15.5 Å². The molecule has 1 unspecified atom stereocenters. The molecule has 1 atom stereocenters. The number of aromatic nitrogens is 2. The summed E-state index contributed by atoms with van der Waals surface area (Å²) < 4.78 is 5.38. The molecule has 1 amide bonds. The average Bonchev–Trinajstić information content (AvgIpc) is 3.23. The number of hydrogen-bond acceptors (Lipinski definition) is 3. The first-order valence-electron chi connectivity index (χ1n) is 9.26. The predicted molar refractivity (Wildman–Crippen MR) is 99.7 cm³/mol. The molecule has 5 nitrogen and oxygen atoms in total. The SMILES string of the molecule is O=C(NC1CCc2[nH]c3ccc(Cl)cc3c2C1)c1onc2c1CCCC2. The Balaban J connectivity index is 1.38. The van der Waals surface area contributed by atoms with Gasteiger partial charge in [-0.2, -0.15) is 0 Å². The minimum absolute atomic E-state index is 0.0947. The summed E-state index contributed by atoms with van der Waals surface area (Å²) in [6.07, 6.45) is 6.65. The number of hydrogen-bond donors (Lipinski definition) is 2. The van der Waals surface area contributed by atoms with Crippen LogP contribution in [0.5, 0.6) is 0 Å². The molecule has 0 radical (unpaired) electrons. The molecule has 2 heterocycles. The molecule has 2 aliphatic carbocycles. The highest BCUT2D eigenvalue weighted by molar-refractivity contribution is 6.31. The average molecular weight is 370 g/mol. The fourth-order valence-electron chi connectivity index (χ4n) is 4.33. The zero-order chi connectivity index (χ0) is 17.7. The Kier molecular flexibility index (Phi) is 3.78. The number of halogens is 1. The van der Waals surface area contributed by atoms with Crippen LogP contribution in [0, 0.1) is 0 Å². The van der Waals surface area contributed by atoms with Crippen molar-refractivity contribution in [2.45, 2.75) is 51.0 Å². The van der Waals surface area contributed by atoms with Gasteiger partial charge in [0.25, 0.3) is 5.91 Å². The molecular formula is C20H20ClN3O2. The van der Waals surface area contributed by atoms with Gasteiger partial charge in [0, 0.05) is 33.2 Å². The Morgan fingerprint density at radius 1 is 1.23 bits per heavy atom. The van der Waals surface area contributed by atoms with E-state index < -0.39 is 0 Å². The van der Waals surface area contributed by atoms with Crippen molar-refractivity contribution in [2.75, 3.05) is 0 Å². The van der Waals surface area contributed by atoms with Crippen LogP contribution in [0.25, 0.3) is 10.9 Å². The number of carbonyl (C=O) groups excluding carboxylic acids is 1. The van der Waals surface area contributed by atoms with Gasteiger partial charge in [-0.15, -0.1) is 0 Å². The largest absolute Gasteiger partial charge is 0.358 e. The maximum atomic E-state index is 12.7. The second-order valence-corrected chi connectivity index (χ2v) is 7.77. The lowest BCUT2D eigenvalue weighted by atomic mass is 9.91. The second kappa shape index (κ2) is 6.16. The maximum Gasteiger partial charge on any atom is 0.290 e. The van der Waals surface area contributed by atoms with Crippen LogP contribution in [0.2, 0.25) is 5.02 Å². The number of rotatable bonds is 2. The number of nitrogens with one attached hydrogen (secondary N) is 2. The van der Waals surface area contributed by atoms with E-state index in [9.17, 15) is 4.79 Å². The van der Waals surface area contributed by atoms with E-state index >= 15 is 0 Å². The minimum Gasteiger partial charge on any atom is -0.358 e. The molecule has 5 rings (SSSR count). The van der Waals surface area contributed by atoms with Gasteiger partial charge in [-0.05, 0) is 68.7 Å². The lowest BCUT2D eigenvalue weighted by molar-refractivity contribution is 0.0895. The van der Waals surface area contributed by atoms with Gasteiger partial charge in [-0.3, -0.25) is 4.79 Å². The van der Waals surface area contributed by atoms with Crippen molar-refractivity contribution < 1.29 is 9.32 Å². The highest BCUT2D eigenvalue weighted by atomic mass is 35.5. The van der Waals surface area contributed by atoms with E-state index in [1.807, 2.05) is 18.2 Å².